The number of thioether (sulfide) groups is 1. The predicted molar refractivity (Wildman–Crippen MR) is 125 cm³/mol. The Hall–Kier alpha value is -2.82. The van der Waals surface area contributed by atoms with Gasteiger partial charge in [0.1, 0.15) is 11.4 Å². The molecule has 0 fully saturated rings. The van der Waals surface area contributed by atoms with Crippen molar-refractivity contribution in [3.05, 3.63) is 51.3 Å². The summed E-state index contributed by atoms with van der Waals surface area (Å²) in [7, 11) is 1.50. The van der Waals surface area contributed by atoms with Gasteiger partial charge in [-0.25, -0.2) is 9.79 Å². The molecule has 2 heterocycles. The van der Waals surface area contributed by atoms with Crippen molar-refractivity contribution in [2.75, 3.05) is 24.3 Å². The van der Waals surface area contributed by atoms with Gasteiger partial charge in [-0.15, -0.1) is 11.3 Å². The van der Waals surface area contributed by atoms with Gasteiger partial charge in [0.15, 0.2) is 5.17 Å². The maximum atomic E-state index is 13.1. The number of carbonyl (C=O) groups excluding carboxylic acids is 3. The van der Waals surface area contributed by atoms with Gasteiger partial charge in [-0.05, 0) is 42.6 Å². The number of hydrogen-bond donors (Lipinski definition) is 2. The van der Waals surface area contributed by atoms with Crippen molar-refractivity contribution in [2.24, 2.45) is 4.99 Å². The highest BCUT2D eigenvalue weighted by atomic mass is 35.5. The molecule has 0 radical (unpaired) electrons. The number of anilines is 1. The van der Waals surface area contributed by atoms with E-state index >= 15 is 0 Å². The van der Waals surface area contributed by atoms with E-state index in [0.29, 0.717) is 28.2 Å². The molecule has 3 rings (SSSR count). The van der Waals surface area contributed by atoms with E-state index < -0.39 is 11.9 Å². The molecule has 1 aromatic heterocycles. The molecule has 0 unspecified atom stereocenters. The zero-order valence-corrected chi connectivity index (χ0v) is 19.1. The van der Waals surface area contributed by atoms with Crippen molar-refractivity contribution in [3.8, 4) is 5.75 Å². The van der Waals surface area contributed by atoms with Gasteiger partial charge in [-0.3, -0.25) is 19.8 Å². The molecule has 31 heavy (non-hydrogen) atoms. The summed E-state index contributed by atoms with van der Waals surface area (Å²) < 4.78 is 5.17. The Balaban J connectivity index is 1.85. The molecule has 0 spiro atoms. The van der Waals surface area contributed by atoms with Crippen LogP contribution in [0.5, 0.6) is 5.75 Å². The fraction of sp³-hybridized carbons (Fsp3) is 0.200. The molecule has 8 nitrogen and oxygen atoms in total. The van der Waals surface area contributed by atoms with E-state index in [1.807, 2.05) is 17.5 Å². The second-order valence-corrected chi connectivity index (χ2v) is 8.42. The van der Waals surface area contributed by atoms with E-state index in [0.717, 1.165) is 16.6 Å². The van der Waals surface area contributed by atoms with Gasteiger partial charge in [0, 0.05) is 11.4 Å². The molecule has 0 atom stereocenters. The number of amides is 4. The van der Waals surface area contributed by atoms with Crippen LogP contribution in [0.3, 0.4) is 0 Å². The zero-order chi connectivity index (χ0) is 22.4. The summed E-state index contributed by atoms with van der Waals surface area (Å²) in [4.78, 5) is 43.4. The number of nitrogens with zero attached hydrogens (tertiary/aromatic N) is 2. The number of carbonyl (C=O) groups is 3. The third-order valence-corrected chi connectivity index (χ3v) is 6.02. The highest BCUT2D eigenvalue weighted by molar-refractivity contribution is 8.14. The van der Waals surface area contributed by atoms with Crippen LogP contribution in [0.15, 0.2) is 46.4 Å². The Bertz CT molecular complexity index is 1050. The van der Waals surface area contributed by atoms with E-state index in [4.69, 9.17) is 16.3 Å². The first-order valence-corrected chi connectivity index (χ1v) is 11.4. The van der Waals surface area contributed by atoms with Crippen LogP contribution in [0.2, 0.25) is 5.02 Å². The van der Waals surface area contributed by atoms with E-state index in [1.54, 1.807) is 31.2 Å². The third kappa shape index (κ3) is 5.66. The molecule has 0 aliphatic carbocycles. The Morgan fingerprint density at radius 3 is 2.81 bits per heavy atom. The Kier molecular flexibility index (Phi) is 7.72. The van der Waals surface area contributed by atoms with E-state index in [-0.39, 0.29) is 17.4 Å². The highest BCUT2D eigenvalue weighted by Gasteiger charge is 2.33. The van der Waals surface area contributed by atoms with Crippen molar-refractivity contribution in [1.29, 1.82) is 0 Å². The average Bonchev–Trinajstić information content (AvgIpc) is 3.35. The molecular formula is C20H19ClN4O4S2. The largest absolute Gasteiger partial charge is 0.495 e. The first-order valence-electron chi connectivity index (χ1n) is 9.15. The first kappa shape index (κ1) is 22.9. The minimum Gasteiger partial charge on any atom is -0.495 e. The number of rotatable bonds is 6. The van der Waals surface area contributed by atoms with Crippen LogP contribution in [0, 0.1) is 0 Å². The summed E-state index contributed by atoms with van der Waals surface area (Å²) in [5, 5.41) is 7.25. The SMILES string of the molecule is CCNC(=O)NC(=O)CSC1=NC(=Cc2cccs2)C(=O)N1c1ccc(OC)c(Cl)c1. The van der Waals surface area contributed by atoms with E-state index in [1.165, 1.54) is 23.3 Å². The Morgan fingerprint density at radius 1 is 1.35 bits per heavy atom. The molecule has 1 aliphatic rings. The lowest BCUT2D eigenvalue weighted by molar-refractivity contribution is -0.117. The summed E-state index contributed by atoms with van der Waals surface area (Å²) in [5.74, 6) is -0.481. The van der Waals surface area contributed by atoms with Gasteiger partial charge in [-0.1, -0.05) is 29.4 Å². The van der Waals surface area contributed by atoms with Gasteiger partial charge in [0.2, 0.25) is 5.91 Å². The molecule has 0 saturated carbocycles. The van der Waals surface area contributed by atoms with Crippen molar-refractivity contribution in [2.45, 2.75) is 6.92 Å². The number of methoxy groups -OCH3 is 1. The monoisotopic (exact) mass is 478 g/mol. The van der Waals surface area contributed by atoms with Crippen molar-refractivity contribution < 1.29 is 19.1 Å². The quantitative estimate of drug-likeness (QED) is 0.616. The smallest absolute Gasteiger partial charge is 0.321 e. The van der Waals surface area contributed by atoms with E-state index in [2.05, 4.69) is 15.6 Å². The second kappa shape index (κ2) is 10.5. The van der Waals surface area contributed by atoms with Crippen molar-refractivity contribution in [3.63, 3.8) is 0 Å². The topological polar surface area (TPSA) is 100 Å². The van der Waals surface area contributed by atoms with Crippen LogP contribution in [0.4, 0.5) is 10.5 Å². The molecule has 0 saturated heterocycles. The minimum atomic E-state index is -0.574. The number of imide groups is 1. The standard InChI is InChI=1S/C20H19ClN4O4S2/c1-3-22-19(28)24-17(26)11-31-20-23-15(10-13-5-4-8-30-13)18(27)25(20)12-6-7-16(29-2)14(21)9-12/h4-10H,3,11H2,1-2H3,(H2,22,24,26,28). The van der Waals surface area contributed by atoms with Crippen LogP contribution in [0.1, 0.15) is 11.8 Å². The Labute approximate surface area is 192 Å². The van der Waals surface area contributed by atoms with Crippen LogP contribution in [-0.2, 0) is 9.59 Å². The van der Waals surface area contributed by atoms with Crippen LogP contribution >= 0.6 is 34.7 Å². The van der Waals surface area contributed by atoms with Gasteiger partial charge in [-0.2, -0.15) is 0 Å². The lowest BCUT2D eigenvalue weighted by atomic mass is 10.2. The summed E-state index contributed by atoms with van der Waals surface area (Å²) in [6.45, 7) is 2.15. The summed E-state index contributed by atoms with van der Waals surface area (Å²) in [5.41, 5.74) is 0.724. The highest BCUT2D eigenvalue weighted by Crippen LogP contribution is 2.34. The number of aliphatic imine (C=N–C) groups is 1. The van der Waals surface area contributed by atoms with Gasteiger partial charge in [0.05, 0.1) is 23.6 Å². The number of hydrogen-bond acceptors (Lipinski definition) is 7. The van der Waals surface area contributed by atoms with Gasteiger partial charge >= 0.3 is 6.03 Å². The zero-order valence-electron chi connectivity index (χ0n) is 16.7. The summed E-state index contributed by atoms with van der Waals surface area (Å²) >= 11 is 8.76. The number of thiophene rings is 1. The number of halogens is 1. The maximum Gasteiger partial charge on any atom is 0.321 e. The number of nitrogens with one attached hydrogen (secondary N) is 2. The average molecular weight is 479 g/mol. The summed E-state index contributed by atoms with van der Waals surface area (Å²) in [6.07, 6.45) is 1.69. The van der Waals surface area contributed by atoms with Gasteiger partial charge in [0.25, 0.3) is 5.91 Å². The molecule has 2 N–H and O–H groups in total. The van der Waals surface area contributed by atoms with Crippen LogP contribution in [0.25, 0.3) is 6.08 Å². The first-order chi connectivity index (χ1) is 14.9. The van der Waals surface area contributed by atoms with Crippen molar-refractivity contribution >= 4 is 69.5 Å². The lowest BCUT2D eigenvalue weighted by Crippen LogP contribution is -2.40. The second-order valence-electron chi connectivity index (χ2n) is 6.10. The molecule has 2 aromatic rings. The number of amidine groups is 1. The molecule has 4 amide bonds. The fourth-order valence-electron chi connectivity index (χ4n) is 2.62. The Morgan fingerprint density at radius 2 is 2.16 bits per heavy atom. The molecular weight excluding hydrogens is 460 g/mol. The van der Waals surface area contributed by atoms with Crippen molar-refractivity contribution in [1.82, 2.24) is 10.6 Å². The third-order valence-electron chi connectivity index (χ3n) is 3.97. The number of benzene rings is 1. The number of urea groups is 1. The molecule has 0 bridgehead atoms. The summed E-state index contributed by atoms with van der Waals surface area (Å²) in [6, 6.07) is 8.10. The predicted octanol–water partition coefficient (Wildman–Crippen LogP) is 3.73. The molecule has 1 aliphatic heterocycles. The number of ether oxygens (including phenoxy) is 1. The van der Waals surface area contributed by atoms with Crippen LogP contribution < -0.4 is 20.3 Å². The molecule has 11 heteroatoms. The normalized spacial score (nSPS) is 14.5. The fourth-order valence-corrected chi connectivity index (χ4v) is 4.34. The van der Waals surface area contributed by atoms with Crippen LogP contribution in [-0.4, -0.2) is 42.4 Å². The van der Waals surface area contributed by atoms with Gasteiger partial charge < -0.3 is 10.1 Å². The van der Waals surface area contributed by atoms with E-state index in [9.17, 15) is 14.4 Å². The maximum absolute atomic E-state index is 13.1. The lowest BCUT2D eigenvalue weighted by Gasteiger charge is -2.18. The minimum absolute atomic E-state index is 0.101. The molecule has 162 valence electrons. The molecule has 1 aromatic carbocycles.